The molecule has 2 N–H and O–H groups in total. The molecule has 9 heteroatoms. The third-order valence-electron chi connectivity index (χ3n) is 3.38. The molecule has 2 aromatic rings. The summed E-state index contributed by atoms with van der Waals surface area (Å²) in [4.78, 5) is 16.1. The van der Waals surface area contributed by atoms with E-state index in [4.69, 9.17) is 9.47 Å². The van der Waals surface area contributed by atoms with Gasteiger partial charge in [-0.25, -0.2) is 10.4 Å². The van der Waals surface area contributed by atoms with Crippen LogP contribution in [0.1, 0.15) is 22.4 Å². The van der Waals surface area contributed by atoms with Crippen LogP contribution in [0.3, 0.4) is 0 Å². The standard InChI is InChI=1S/C18H17BrN4O4/c1-11-17(19)15(9-26-2)14(7-20)18(22-11)27-10-16(25)23-21-8-12-4-3-5-13(24)6-12/h3-6,8,24H,9-10H2,1-2H3,(H,23,25)/b21-8-. The molecule has 1 aromatic carbocycles. The van der Waals surface area contributed by atoms with Crippen LogP contribution in [-0.2, 0) is 16.1 Å². The minimum Gasteiger partial charge on any atom is -0.508 e. The Labute approximate surface area is 164 Å². The molecule has 0 aliphatic rings. The molecule has 0 saturated heterocycles. The molecule has 0 bridgehead atoms. The van der Waals surface area contributed by atoms with Crippen LogP contribution in [0.2, 0.25) is 0 Å². The first-order valence-electron chi connectivity index (χ1n) is 7.78. The summed E-state index contributed by atoms with van der Waals surface area (Å²) in [5.41, 5.74) is 4.34. The van der Waals surface area contributed by atoms with Gasteiger partial charge in [-0.1, -0.05) is 12.1 Å². The summed E-state index contributed by atoms with van der Waals surface area (Å²) < 4.78 is 11.2. The molecule has 0 spiro atoms. The monoisotopic (exact) mass is 432 g/mol. The topological polar surface area (TPSA) is 117 Å². The summed E-state index contributed by atoms with van der Waals surface area (Å²) in [6.45, 7) is 1.58. The summed E-state index contributed by atoms with van der Waals surface area (Å²) in [7, 11) is 1.52. The van der Waals surface area contributed by atoms with Crippen LogP contribution in [0.15, 0.2) is 33.8 Å². The number of methoxy groups -OCH3 is 1. The first-order valence-corrected chi connectivity index (χ1v) is 8.57. The van der Waals surface area contributed by atoms with Gasteiger partial charge < -0.3 is 14.6 Å². The predicted molar refractivity (Wildman–Crippen MR) is 101 cm³/mol. The quantitative estimate of drug-likeness (QED) is 0.512. The maximum atomic E-state index is 11.9. The number of hydrazone groups is 1. The van der Waals surface area contributed by atoms with E-state index in [-0.39, 0.29) is 30.4 Å². The number of amides is 1. The highest BCUT2D eigenvalue weighted by Crippen LogP contribution is 2.29. The minimum absolute atomic E-state index is 0.0531. The van der Waals surface area contributed by atoms with Gasteiger partial charge in [-0.3, -0.25) is 4.79 Å². The molecule has 140 valence electrons. The van der Waals surface area contributed by atoms with Gasteiger partial charge in [0.1, 0.15) is 17.4 Å². The normalized spacial score (nSPS) is 10.6. The molecular weight excluding hydrogens is 416 g/mol. The number of aromatic nitrogens is 1. The first kappa shape index (κ1) is 20.4. The summed E-state index contributed by atoms with van der Waals surface area (Å²) in [5, 5.41) is 22.6. The SMILES string of the molecule is COCc1c(Br)c(C)nc(OCC(=O)N/N=C\c2cccc(O)c2)c1C#N. The van der Waals surface area contributed by atoms with Crippen molar-refractivity contribution in [3.8, 4) is 17.7 Å². The van der Waals surface area contributed by atoms with Crippen molar-refractivity contribution in [2.24, 2.45) is 5.10 Å². The number of aromatic hydroxyl groups is 1. The highest BCUT2D eigenvalue weighted by Gasteiger charge is 2.18. The summed E-state index contributed by atoms with van der Waals surface area (Å²) in [6.07, 6.45) is 1.39. The smallest absolute Gasteiger partial charge is 0.278 e. The molecule has 1 aromatic heterocycles. The fraction of sp³-hybridized carbons (Fsp3) is 0.222. The van der Waals surface area contributed by atoms with Gasteiger partial charge in [0, 0.05) is 17.1 Å². The Kier molecular flexibility index (Phi) is 7.28. The van der Waals surface area contributed by atoms with Crippen molar-refractivity contribution < 1.29 is 19.4 Å². The van der Waals surface area contributed by atoms with E-state index in [2.05, 4.69) is 31.4 Å². The number of nitrogens with one attached hydrogen (secondary N) is 1. The number of aryl methyl sites for hydroxylation is 1. The molecule has 1 amide bonds. The zero-order valence-corrected chi connectivity index (χ0v) is 16.3. The molecule has 27 heavy (non-hydrogen) atoms. The summed E-state index contributed by atoms with van der Waals surface area (Å²) in [6, 6.07) is 8.43. The maximum absolute atomic E-state index is 11.9. The van der Waals surface area contributed by atoms with Crippen LogP contribution < -0.4 is 10.2 Å². The highest BCUT2D eigenvalue weighted by atomic mass is 79.9. The van der Waals surface area contributed by atoms with Crippen LogP contribution in [-0.4, -0.2) is 35.9 Å². The number of nitrogens with zero attached hydrogens (tertiary/aromatic N) is 3. The lowest BCUT2D eigenvalue weighted by atomic mass is 10.1. The van der Waals surface area contributed by atoms with Gasteiger partial charge in [0.25, 0.3) is 5.91 Å². The van der Waals surface area contributed by atoms with Crippen LogP contribution in [0.25, 0.3) is 0 Å². The Morgan fingerprint density at radius 2 is 2.30 bits per heavy atom. The molecule has 0 aliphatic heterocycles. The predicted octanol–water partition coefficient (Wildman–Crippen LogP) is 2.41. The summed E-state index contributed by atoms with van der Waals surface area (Å²) in [5.74, 6) is -0.371. The number of hydrogen-bond acceptors (Lipinski definition) is 7. The summed E-state index contributed by atoms with van der Waals surface area (Å²) >= 11 is 3.38. The fourth-order valence-electron chi connectivity index (χ4n) is 2.16. The maximum Gasteiger partial charge on any atom is 0.278 e. The number of phenols is 1. The number of nitriles is 1. The van der Waals surface area contributed by atoms with Crippen LogP contribution >= 0.6 is 15.9 Å². The van der Waals surface area contributed by atoms with Gasteiger partial charge in [-0.2, -0.15) is 10.4 Å². The van der Waals surface area contributed by atoms with Crippen molar-refractivity contribution in [1.29, 1.82) is 5.26 Å². The molecule has 2 rings (SSSR count). The molecule has 0 radical (unpaired) electrons. The Hall–Kier alpha value is -2.96. The number of rotatable bonds is 7. The van der Waals surface area contributed by atoms with Gasteiger partial charge in [-0.15, -0.1) is 0 Å². The number of benzene rings is 1. The van der Waals surface area contributed by atoms with Crippen LogP contribution in [0, 0.1) is 18.3 Å². The number of ether oxygens (including phenoxy) is 2. The van der Waals surface area contributed by atoms with Crippen LogP contribution in [0.4, 0.5) is 0 Å². The minimum atomic E-state index is -0.522. The Bertz CT molecular complexity index is 909. The number of carbonyl (C=O) groups is 1. The number of pyridine rings is 1. The third-order valence-corrected chi connectivity index (χ3v) is 4.43. The number of phenolic OH excluding ortho intramolecular Hbond substituents is 1. The molecule has 0 atom stereocenters. The van der Waals surface area contributed by atoms with E-state index in [0.29, 0.717) is 21.3 Å². The largest absolute Gasteiger partial charge is 0.508 e. The van der Waals surface area contributed by atoms with E-state index in [1.807, 2.05) is 6.07 Å². The highest BCUT2D eigenvalue weighted by molar-refractivity contribution is 9.10. The zero-order valence-electron chi connectivity index (χ0n) is 14.7. The molecule has 0 aliphatic carbocycles. The van der Waals surface area contributed by atoms with E-state index in [9.17, 15) is 15.2 Å². The van der Waals surface area contributed by atoms with Gasteiger partial charge in [0.2, 0.25) is 5.88 Å². The van der Waals surface area contributed by atoms with E-state index in [0.717, 1.165) is 0 Å². The lowest BCUT2D eigenvalue weighted by Gasteiger charge is -2.13. The average Bonchev–Trinajstić information content (AvgIpc) is 2.64. The van der Waals surface area contributed by atoms with Crippen molar-refractivity contribution in [3.05, 3.63) is 51.1 Å². The fourth-order valence-corrected chi connectivity index (χ4v) is 2.57. The number of hydrogen-bond donors (Lipinski definition) is 2. The van der Waals surface area contributed by atoms with E-state index in [1.54, 1.807) is 19.1 Å². The van der Waals surface area contributed by atoms with Gasteiger partial charge in [0.05, 0.1) is 18.5 Å². The number of halogens is 1. The van der Waals surface area contributed by atoms with E-state index < -0.39 is 5.91 Å². The first-order chi connectivity index (χ1) is 13.0. The van der Waals surface area contributed by atoms with Gasteiger partial charge >= 0.3 is 0 Å². The Morgan fingerprint density at radius 1 is 1.52 bits per heavy atom. The Balaban J connectivity index is 2.03. The van der Waals surface area contributed by atoms with Crippen molar-refractivity contribution >= 4 is 28.1 Å². The molecule has 1 heterocycles. The third kappa shape index (κ3) is 5.51. The Morgan fingerprint density at radius 3 is 2.96 bits per heavy atom. The van der Waals surface area contributed by atoms with Crippen molar-refractivity contribution in [3.63, 3.8) is 0 Å². The van der Waals surface area contributed by atoms with E-state index >= 15 is 0 Å². The second-order valence-corrected chi connectivity index (χ2v) is 6.18. The average molecular weight is 433 g/mol. The molecule has 0 fully saturated rings. The molecule has 0 saturated carbocycles. The molecule has 0 unspecified atom stereocenters. The van der Waals surface area contributed by atoms with Crippen molar-refractivity contribution in [2.75, 3.05) is 13.7 Å². The van der Waals surface area contributed by atoms with Crippen molar-refractivity contribution in [1.82, 2.24) is 10.4 Å². The lowest BCUT2D eigenvalue weighted by Crippen LogP contribution is -2.25. The lowest BCUT2D eigenvalue weighted by molar-refractivity contribution is -0.123. The van der Waals surface area contributed by atoms with Crippen molar-refractivity contribution in [2.45, 2.75) is 13.5 Å². The second-order valence-electron chi connectivity index (χ2n) is 5.39. The van der Waals surface area contributed by atoms with Gasteiger partial charge in [-0.05, 0) is 40.5 Å². The zero-order chi connectivity index (χ0) is 19.8. The molecule has 8 nitrogen and oxygen atoms in total. The van der Waals surface area contributed by atoms with E-state index in [1.165, 1.54) is 25.5 Å². The van der Waals surface area contributed by atoms with Crippen LogP contribution in [0.5, 0.6) is 11.6 Å². The second kappa shape index (κ2) is 9.66. The van der Waals surface area contributed by atoms with Gasteiger partial charge in [0.15, 0.2) is 6.61 Å². The molecular formula is C18H17BrN4O4. The number of carbonyl (C=O) groups excluding carboxylic acids is 1.